The number of hydroxylamine groups is 1. The fourth-order valence-electron chi connectivity index (χ4n) is 5.39. The maximum Gasteiger partial charge on any atom is 0.249 e. The van der Waals surface area contributed by atoms with E-state index in [1.165, 1.54) is 18.3 Å². The van der Waals surface area contributed by atoms with Gasteiger partial charge in [0.25, 0.3) is 0 Å². The van der Waals surface area contributed by atoms with Crippen LogP contribution >= 0.6 is 11.6 Å². The molecule has 6 nitrogen and oxygen atoms in total. The van der Waals surface area contributed by atoms with Gasteiger partial charge < -0.3 is 9.64 Å². The number of carbonyl (C=O) groups is 1. The number of carbonyl (C=O) groups excluding carboxylic acids is 1. The first-order chi connectivity index (χ1) is 18.3. The lowest BCUT2D eigenvalue weighted by molar-refractivity contribution is -0.143. The molecular weight excluding hydrogens is 512 g/mol. The van der Waals surface area contributed by atoms with Crippen molar-refractivity contribution in [1.29, 1.82) is 0 Å². The predicted octanol–water partition coefficient (Wildman–Crippen LogP) is 6.44. The molecule has 1 fully saturated rings. The number of nitrogens with zero attached hydrogens (tertiary/aromatic N) is 2. The van der Waals surface area contributed by atoms with Crippen molar-refractivity contribution < 1.29 is 23.5 Å². The minimum atomic E-state index is -1.41. The van der Waals surface area contributed by atoms with Crippen LogP contribution in [0.2, 0.25) is 5.02 Å². The molecule has 0 unspecified atom stereocenters. The number of likely N-dealkylation sites (tertiary alicyclic amines) is 1. The van der Waals surface area contributed by atoms with Crippen molar-refractivity contribution in [1.82, 2.24) is 15.4 Å². The van der Waals surface area contributed by atoms with Gasteiger partial charge in [0, 0.05) is 17.1 Å². The fourth-order valence-corrected chi connectivity index (χ4v) is 5.66. The third-order valence-electron chi connectivity index (χ3n) is 7.76. The lowest BCUT2D eigenvalue weighted by atomic mass is 9.73. The number of hydrogen-bond acceptors (Lipinski definition) is 5. The normalized spacial score (nSPS) is 16.3. The van der Waals surface area contributed by atoms with Gasteiger partial charge in [-0.25, -0.2) is 14.3 Å². The summed E-state index contributed by atoms with van der Waals surface area (Å²) in [6.45, 7) is 2.28. The Hall–Kier alpha value is -2.81. The van der Waals surface area contributed by atoms with Crippen molar-refractivity contribution in [3.63, 3.8) is 0 Å². The number of benzene rings is 2. The highest BCUT2D eigenvalue weighted by atomic mass is 35.5. The Morgan fingerprint density at radius 3 is 2.63 bits per heavy atom. The third kappa shape index (κ3) is 6.60. The van der Waals surface area contributed by atoms with E-state index in [1.807, 2.05) is 17.6 Å². The summed E-state index contributed by atoms with van der Waals surface area (Å²) in [6.07, 6.45) is 4.33. The van der Waals surface area contributed by atoms with Crippen molar-refractivity contribution >= 4 is 28.4 Å². The number of methoxy groups -OCH3 is 1. The van der Waals surface area contributed by atoms with Gasteiger partial charge in [0.1, 0.15) is 17.7 Å². The first kappa shape index (κ1) is 28.2. The Kier molecular flexibility index (Phi) is 9.52. The van der Waals surface area contributed by atoms with Crippen molar-refractivity contribution in [3.8, 4) is 5.75 Å². The highest BCUT2D eigenvalue weighted by molar-refractivity contribution is 6.32. The zero-order valence-corrected chi connectivity index (χ0v) is 22.3. The molecule has 0 radical (unpaired) electrons. The lowest BCUT2D eigenvalue weighted by Crippen LogP contribution is -2.48. The number of alkyl halides is 1. The van der Waals surface area contributed by atoms with Gasteiger partial charge in [-0.1, -0.05) is 23.7 Å². The molecule has 0 spiro atoms. The Morgan fingerprint density at radius 1 is 1.21 bits per heavy atom. The van der Waals surface area contributed by atoms with Gasteiger partial charge in [0.2, 0.25) is 5.91 Å². The molecule has 1 aliphatic heterocycles. The first-order valence-corrected chi connectivity index (χ1v) is 13.4. The monoisotopic (exact) mass is 545 g/mol. The van der Waals surface area contributed by atoms with E-state index in [1.54, 1.807) is 25.3 Å². The lowest BCUT2D eigenvalue weighted by Gasteiger charge is -2.40. The van der Waals surface area contributed by atoms with E-state index in [-0.39, 0.29) is 23.7 Å². The predicted molar refractivity (Wildman–Crippen MR) is 144 cm³/mol. The molecule has 204 valence electrons. The van der Waals surface area contributed by atoms with Gasteiger partial charge in [-0.2, -0.15) is 0 Å². The van der Waals surface area contributed by atoms with E-state index in [9.17, 15) is 14.4 Å². The van der Waals surface area contributed by atoms with Crippen LogP contribution in [0, 0.1) is 11.2 Å². The second-order valence-electron chi connectivity index (χ2n) is 10.1. The number of fused-ring (bicyclic) bond motifs is 1. The Morgan fingerprint density at radius 2 is 1.95 bits per heavy atom. The van der Waals surface area contributed by atoms with Crippen LogP contribution < -0.4 is 10.2 Å². The maximum atomic E-state index is 15.7. The smallest absolute Gasteiger partial charge is 0.249 e. The molecule has 0 saturated carbocycles. The molecular formula is C29H34ClF2N3O3. The van der Waals surface area contributed by atoms with Crippen LogP contribution in [0.15, 0.2) is 48.7 Å². The minimum absolute atomic E-state index is 0.0845. The fraction of sp³-hybridized carbons (Fsp3) is 0.448. The average molecular weight is 546 g/mol. The number of piperidine rings is 1. The van der Waals surface area contributed by atoms with Gasteiger partial charge in [-0.3, -0.25) is 15.0 Å². The Bertz CT molecular complexity index is 1230. The van der Waals surface area contributed by atoms with Crippen molar-refractivity contribution in [3.05, 3.63) is 70.6 Å². The molecule has 0 aliphatic carbocycles. The topological polar surface area (TPSA) is 74.7 Å². The third-order valence-corrected chi connectivity index (χ3v) is 8.06. The van der Waals surface area contributed by atoms with E-state index in [0.717, 1.165) is 31.4 Å². The Balaban J connectivity index is 1.35. The van der Waals surface area contributed by atoms with Crippen LogP contribution in [-0.2, 0) is 11.2 Å². The number of aromatic nitrogens is 1. The summed E-state index contributed by atoms with van der Waals surface area (Å²) in [6, 6.07) is 11.8. The van der Waals surface area contributed by atoms with Gasteiger partial charge in [0.05, 0.1) is 23.1 Å². The number of rotatable bonds is 11. The summed E-state index contributed by atoms with van der Waals surface area (Å²) in [5, 5.41) is 10.3. The van der Waals surface area contributed by atoms with Gasteiger partial charge >= 0.3 is 0 Å². The van der Waals surface area contributed by atoms with Crippen LogP contribution in [0.4, 0.5) is 8.78 Å². The van der Waals surface area contributed by atoms with Crippen LogP contribution in [0.5, 0.6) is 5.75 Å². The maximum absolute atomic E-state index is 15.7. The average Bonchev–Trinajstić information content (AvgIpc) is 2.94. The molecule has 2 N–H and O–H groups in total. The van der Waals surface area contributed by atoms with Crippen LogP contribution in [0.3, 0.4) is 0 Å². The molecule has 0 bridgehead atoms. The number of halogens is 3. The first-order valence-electron chi connectivity index (χ1n) is 13.0. The van der Waals surface area contributed by atoms with E-state index in [4.69, 9.17) is 16.3 Å². The molecule has 38 heavy (non-hydrogen) atoms. The van der Waals surface area contributed by atoms with E-state index in [2.05, 4.69) is 9.88 Å². The molecule has 4 rings (SSSR count). The molecule has 1 saturated heterocycles. The number of aryl methyl sites for hydroxylation is 1. The second kappa shape index (κ2) is 12.8. The van der Waals surface area contributed by atoms with Gasteiger partial charge in [-0.05, 0) is 100 Å². The largest absolute Gasteiger partial charge is 0.497 e. The SMILES string of the molecule is COc1ccc2ncc(Cl)c([C@H](F)CCC3(C(=O)NO)CCN(CCCCc4ccc(F)cc4)CC3)c2c1. The van der Waals surface area contributed by atoms with Gasteiger partial charge in [0.15, 0.2) is 0 Å². The molecule has 1 atom stereocenters. The van der Waals surface area contributed by atoms with E-state index >= 15 is 4.39 Å². The zero-order valence-electron chi connectivity index (χ0n) is 21.6. The summed E-state index contributed by atoms with van der Waals surface area (Å²) in [5.41, 5.74) is 3.05. The minimum Gasteiger partial charge on any atom is -0.497 e. The van der Waals surface area contributed by atoms with Crippen LogP contribution in [0.25, 0.3) is 10.9 Å². The van der Waals surface area contributed by atoms with Gasteiger partial charge in [-0.15, -0.1) is 0 Å². The number of pyridine rings is 1. The summed E-state index contributed by atoms with van der Waals surface area (Å²) >= 11 is 6.38. The van der Waals surface area contributed by atoms with Crippen molar-refractivity contribution in [2.45, 2.75) is 51.1 Å². The molecule has 1 aliphatic rings. The number of unbranched alkanes of at least 4 members (excludes halogenated alkanes) is 1. The van der Waals surface area contributed by atoms with E-state index in [0.29, 0.717) is 48.1 Å². The van der Waals surface area contributed by atoms with Crippen LogP contribution in [-0.4, -0.2) is 47.7 Å². The van der Waals surface area contributed by atoms with Crippen LogP contribution in [0.1, 0.15) is 55.8 Å². The molecule has 2 aromatic carbocycles. The highest BCUT2D eigenvalue weighted by Crippen LogP contribution is 2.42. The number of hydrogen-bond donors (Lipinski definition) is 2. The zero-order chi connectivity index (χ0) is 27.1. The summed E-state index contributed by atoms with van der Waals surface area (Å²) in [4.78, 5) is 19.4. The molecule has 1 aromatic heterocycles. The Labute approximate surface area is 226 Å². The summed E-state index contributed by atoms with van der Waals surface area (Å²) in [5.74, 6) is -0.113. The molecule has 9 heteroatoms. The van der Waals surface area contributed by atoms with E-state index < -0.39 is 17.5 Å². The van der Waals surface area contributed by atoms with Crippen molar-refractivity contribution in [2.24, 2.45) is 5.41 Å². The quantitative estimate of drug-likeness (QED) is 0.165. The number of nitrogens with one attached hydrogen (secondary N) is 1. The standard InChI is InChI=1S/C29H34ClF2N3O3/c1-38-22-9-10-26-23(18-22)27(24(30)19-33-26)25(32)11-12-29(28(36)34-37)13-16-35(17-14-29)15-3-2-4-20-5-7-21(31)8-6-20/h5-10,18-19,25,37H,2-4,11-17H2,1H3,(H,34,36)/t25-/m1/s1. The number of amides is 1. The van der Waals surface area contributed by atoms with Crippen molar-refractivity contribution in [2.75, 3.05) is 26.7 Å². The molecule has 3 aromatic rings. The second-order valence-corrected chi connectivity index (χ2v) is 10.5. The number of ether oxygens (including phenoxy) is 1. The highest BCUT2D eigenvalue weighted by Gasteiger charge is 2.41. The summed E-state index contributed by atoms with van der Waals surface area (Å²) in [7, 11) is 1.54. The summed E-state index contributed by atoms with van der Waals surface area (Å²) < 4.78 is 34.1. The molecule has 1 amide bonds. The molecule has 2 heterocycles.